The lowest BCUT2D eigenvalue weighted by Crippen LogP contribution is -2.17. The number of esters is 1. The number of nitrogens with one attached hydrogen (secondary N) is 1. The maximum absolute atomic E-state index is 12.4. The normalized spacial score (nSPS) is 11.1. The molecule has 20 heavy (non-hydrogen) atoms. The first-order valence-corrected chi connectivity index (χ1v) is 8.59. The standard InChI is InChI=1S/C12H10BrNO4S2/c1-18-12(15)10-3-2-8(13)6-11(10)20(16,17)14-9-4-5-19-7-9/h2-7,14H,1H3. The Bertz CT molecular complexity index is 726. The second kappa shape index (κ2) is 5.94. The van der Waals surface area contributed by atoms with Crippen molar-refractivity contribution in [2.24, 2.45) is 0 Å². The average Bonchev–Trinajstić information content (AvgIpc) is 2.90. The Morgan fingerprint density at radius 1 is 1.35 bits per heavy atom. The van der Waals surface area contributed by atoms with E-state index in [-0.39, 0.29) is 10.5 Å². The molecule has 0 aliphatic carbocycles. The third-order valence-corrected chi connectivity index (χ3v) is 5.01. The molecule has 1 aromatic carbocycles. The van der Waals surface area contributed by atoms with E-state index in [1.807, 2.05) is 0 Å². The number of benzene rings is 1. The maximum atomic E-state index is 12.4. The van der Waals surface area contributed by atoms with E-state index in [9.17, 15) is 13.2 Å². The number of carbonyl (C=O) groups is 1. The molecule has 0 aliphatic heterocycles. The van der Waals surface area contributed by atoms with Crippen LogP contribution in [0.3, 0.4) is 0 Å². The van der Waals surface area contributed by atoms with Crippen LogP contribution in [0, 0.1) is 0 Å². The summed E-state index contributed by atoms with van der Waals surface area (Å²) in [6.45, 7) is 0. The summed E-state index contributed by atoms with van der Waals surface area (Å²) in [7, 11) is -2.66. The van der Waals surface area contributed by atoms with E-state index in [4.69, 9.17) is 0 Å². The highest BCUT2D eigenvalue weighted by molar-refractivity contribution is 9.10. The highest BCUT2D eigenvalue weighted by Gasteiger charge is 2.23. The summed E-state index contributed by atoms with van der Waals surface area (Å²) in [4.78, 5) is 11.5. The summed E-state index contributed by atoms with van der Waals surface area (Å²) < 4.78 is 32.3. The SMILES string of the molecule is COC(=O)c1ccc(Br)cc1S(=O)(=O)Nc1ccsc1. The van der Waals surface area contributed by atoms with Crippen LogP contribution in [0.1, 0.15) is 10.4 Å². The van der Waals surface area contributed by atoms with Gasteiger partial charge in [-0.15, -0.1) is 0 Å². The summed E-state index contributed by atoms with van der Waals surface area (Å²) in [6, 6.07) is 5.98. The lowest BCUT2D eigenvalue weighted by Gasteiger charge is -2.10. The molecule has 0 aliphatic rings. The Hall–Kier alpha value is -1.38. The molecule has 0 radical (unpaired) electrons. The Kier molecular flexibility index (Phi) is 4.46. The van der Waals surface area contributed by atoms with Gasteiger partial charge in [0.1, 0.15) is 4.90 Å². The van der Waals surface area contributed by atoms with Gasteiger partial charge in [-0.3, -0.25) is 4.72 Å². The van der Waals surface area contributed by atoms with Crippen LogP contribution in [0.4, 0.5) is 5.69 Å². The largest absolute Gasteiger partial charge is 0.465 e. The predicted octanol–water partition coefficient (Wildman–Crippen LogP) is 3.10. The topological polar surface area (TPSA) is 72.5 Å². The van der Waals surface area contributed by atoms with Crippen molar-refractivity contribution in [3.63, 3.8) is 0 Å². The van der Waals surface area contributed by atoms with Crippen LogP contribution in [-0.2, 0) is 14.8 Å². The first kappa shape index (κ1) is 15.0. The molecule has 0 unspecified atom stereocenters. The van der Waals surface area contributed by atoms with E-state index in [0.29, 0.717) is 10.2 Å². The minimum atomic E-state index is -3.87. The molecule has 2 aromatic rings. The zero-order chi connectivity index (χ0) is 14.8. The molecule has 0 bridgehead atoms. The smallest absolute Gasteiger partial charge is 0.339 e. The van der Waals surface area contributed by atoms with Gasteiger partial charge in [0.25, 0.3) is 10.0 Å². The molecule has 2 rings (SSSR count). The Morgan fingerprint density at radius 3 is 2.70 bits per heavy atom. The quantitative estimate of drug-likeness (QED) is 0.833. The fourth-order valence-electron chi connectivity index (χ4n) is 1.53. The first-order chi connectivity index (χ1) is 9.44. The van der Waals surface area contributed by atoms with Crippen LogP contribution in [0.25, 0.3) is 0 Å². The fraction of sp³-hybridized carbons (Fsp3) is 0.0833. The highest BCUT2D eigenvalue weighted by Crippen LogP contribution is 2.25. The highest BCUT2D eigenvalue weighted by atomic mass is 79.9. The van der Waals surface area contributed by atoms with Crippen molar-refractivity contribution in [1.29, 1.82) is 0 Å². The summed E-state index contributed by atoms with van der Waals surface area (Å²) in [5.41, 5.74) is 0.434. The van der Waals surface area contributed by atoms with Gasteiger partial charge in [-0.05, 0) is 29.6 Å². The van der Waals surface area contributed by atoms with E-state index < -0.39 is 16.0 Å². The van der Waals surface area contributed by atoms with Crippen molar-refractivity contribution in [3.05, 3.63) is 45.1 Å². The number of ether oxygens (including phenoxy) is 1. The molecule has 0 fully saturated rings. The summed E-state index contributed by atoms with van der Waals surface area (Å²) >= 11 is 4.56. The van der Waals surface area contributed by atoms with Crippen LogP contribution in [0.2, 0.25) is 0 Å². The number of carbonyl (C=O) groups excluding carboxylic acids is 1. The van der Waals surface area contributed by atoms with Crippen molar-refractivity contribution in [3.8, 4) is 0 Å². The van der Waals surface area contributed by atoms with Gasteiger partial charge in [0, 0.05) is 9.85 Å². The lowest BCUT2D eigenvalue weighted by atomic mass is 10.2. The number of sulfonamides is 1. The minimum Gasteiger partial charge on any atom is -0.465 e. The third-order valence-electron chi connectivity index (χ3n) is 2.41. The first-order valence-electron chi connectivity index (χ1n) is 5.37. The number of anilines is 1. The van der Waals surface area contributed by atoms with E-state index in [0.717, 1.165) is 0 Å². The molecule has 0 atom stereocenters. The van der Waals surface area contributed by atoms with Crippen molar-refractivity contribution >= 4 is 48.9 Å². The zero-order valence-electron chi connectivity index (χ0n) is 10.3. The molecular formula is C12H10BrNO4S2. The second-order valence-corrected chi connectivity index (χ2v) is 7.10. The van der Waals surface area contributed by atoms with Crippen LogP contribution in [0.5, 0.6) is 0 Å². The van der Waals surface area contributed by atoms with Crippen molar-refractivity contribution < 1.29 is 17.9 Å². The molecule has 0 saturated carbocycles. The van der Waals surface area contributed by atoms with E-state index in [1.54, 1.807) is 22.9 Å². The Morgan fingerprint density at radius 2 is 2.10 bits per heavy atom. The van der Waals surface area contributed by atoms with Gasteiger partial charge < -0.3 is 4.74 Å². The monoisotopic (exact) mass is 375 g/mol. The molecule has 5 nitrogen and oxygen atoms in total. The van der Waals surface area contributed by atoms with Gasteiger partial charge in [0.15, 0.2) is 0 Å². The number of hydrogen-bond donors (Lipinski definition) is 1. The van der Waals surface area contributed by atoms with Gasteiger partial charge in [0.2, 0.25) is 0 Å². The zero-order valence-corrected chi connectivity index (χ0v) is 13.5. The molecule has 1 N–H and O–H groups in total. The van der Waals surface area contributed by atoms with Gasteiger partial charge in [-0.25, -0.2) is 13.2 Å². The van der Waals surface area contributed by atoms with E-state index >= 15 is 0 Å². The lowest BCUT2D eigenvalue weighted by molar-refractivity contribution is 0.0596. The molecule has 1 aromatic heterocycles. The van der Waals surface area contributed by atoms with Crippen LogP contribution < -0.4 is 4.72 Å². The molecule has 0 amide bonds. The summed E-state index contributed by atoms with van der Waals surface area (Å²) in [5.74, 6) is -0.705. The van der Waals surface area contributed by atoms with Crippen molar-refractivity contribution in [2.75, 3.05) is 11.8 Å². The van der Waals surface area contributed by atoms with E-state index in [1.165, 1.54) is 30.6 Å². The van der Waals surface area contributed by atoms with E-state index in [2.05, 4.69) is 25.4 Å². The predicted molar refractivity (Wildman–Crippen MR) is 80.6 cm³/mol. The van der Waals surface area contributed by atoms with Gasteiger partial charge in [0.05, 0.1) is 18.4 Å². The maximum Gasteiger partial charge on any atom is 0.339 e. The molecule has 1 heterocycles. The Labute approximate surface area is 128 Å². The van der Waals surface area contributed by atoms with Crippen LogP contribution >= 0.6 is 27.3 Å². The van der Waals surface area contributed by atoms with Crippen LogP contribution in [0.15, 0.2) is 44.4 Å². The minimum absolute atomic E-state index is 0.0153. The van der Waals surface area contributed by atoms with Crippen LogP contribution in [-0.4, -0.2) is 21.5 Å². The number of rotatable bonds is 4. The number of halogens is 1. The summed E-state index contributed by atoms with van der Waals surface area (Å²) in [5, 5.41) is 3.41. The molecule has 0 saturated heterocycles. The average molecular weight is 376 g/mol. The molecule has 8 heteroatoms. The number of hydrogen-bond acceptors (Lipinski definition) is 5. The fourth-order valence-corrected chi connectivity index (χ4v) is 3.98. The van der Waals surface area contributed by atoms with Gasteiger partial charge >= 0.3 is 5.97 Å². The molecule has 0 spiro atoms. The second-order valence-electron chi connectivity index (χ2n) is 3.75. The number of methoxy groups -OCH3 is 1. The third kappa shape index (κ3) is 3.20. The molecular weight excluding hydrogens is 366 g/mol. The number of thiophene rings is 1. The Balaban J connectivity index is 2.50. The van der Waals surface area contributed by atoms with Gasteiger partial charge in [-0.2, -0.15) is 11.3 Å². The van der Waals surface area contributed by atoms with Crippen molar-refractivity contribution in [1.82, 2.24) is 0 Å². The summed E-state index contributed by atoms with van der Waals surface area (Å²) in [6.07, 6.45) is 0. The molecule has 106 valence electrons. The van der Waals surface area contributed by atoms with Gasteiger partial charge in [-0.1, -0.05) is 15.9 Å². The van der Waals surface area contributed by atoms with Crippen molar-refractivity contribution in [2.45, 2.75) is 4.90 Å².